The second kappa shape index (κ2) is 5.30. The molecule has 0 aromatic heterocycles. The zero-order valence-corrected chi connectivity index (χ0v) is 12.4. The third-order valence-electron chi connectivity index (χ3n) is 2.80. The summed E-state index contributed by atoms with van der Waals surface area (Å²) in [4.78, 5) is 10.2. The average molecular weight is 348 g/mol. The van der Waals surface area contributed by atoms with Crippen molar-refractivity contribution in [2.45, 2.75) is 33.2 Å². The van der Waals surface area contributed by atoms with Gasteiger partial charge in [0.2, 0.25) is 0 Å². The van der Waals surface area contributed by atoms with Gasteiger partial charge in [-0.15, -0.1) is 0 Å². The molecule has 0 bridgehead atoms. The van der Waals surface area contributed by atoms with Crippen LogP contribution in [-0.4, -0.2) is 11.0 Å². The molecule has 0 saturated carbocycles. The summed E-state index contributed by atoms with van der Waals surface area (Å²) in [5, 5.41) is 10.6. The average Bonchev–Trinajstić information content (AvgIpc) is 2.19. The van der Waals surface area contributed by atoms with Crippen molar-refractivity contribution in [1.29, 1.82) is 0 Å². The van der Waals surface area contributed by atoms with Crippen LogP contribution in [0.2, 0.25) is 0 Å². The SMILES string of the molecule is CC(C)(C)C(N)Cc1ccc([N+](=O)[O-])cc1I. The molecule has 94 valence electrons. The molecule has 0 spiro atoms. The van der Waals surface area contributed by atoms with Crippen molar-refractivity contribution in [2.75, 3.05) is 0 Å². The molecular weight excluding hydrogens is 331 g/mol. The molecule has 0 fully saturated rings. The molecule has 1 rings (SSSR count). The Morgan fingerprint density at radius 2 is 2.06 bits per heavy atom. The number of nitro groups is 1. The smallest absolute Gasteiger partial charge is 0.270 e. The molecule has 1 atom stereocenters. The zero-order chi connectivity index (χ0) is 13.2. The first kappa shape index (κ1) is 14.4. The highest BCUT2D eigenvalue weighted by atomic mass is 127. The van der Waals surface area contributed by atoms with Gasteiger partial charge >= 0.3 is 0 Å². The van der Waals surface area contributed by atoms with E-state index in [0.29, 0.717) is 0 Å². The number of hydrogen-bond acceptors (Lipinski definition) is 3. The van der Waals surface area contributed by atoms with Crippen LogP contribution in [0.1, 0.15) is 26.3 Å². The van der Waals surface area contributed by atoms with Crippen LogP contribution < -0.4 is 5.73 Å². The number of nitrogens with zero attached hydrogens (tertiary/aromatic N) is 1. The van der Waals surface area contributed by atoms with Crippen LogP contribution in [0, 0.1) is 19.1 Å². The second-order valence-corrected chi connectivity index (χ2v) is 6.37. The molecule has 1 aromatic rings. The Labute approximate surface area is 115 Å². The minimum atomic E-state index is -0.379. The van der Waals surface area contributed by atoms with Gasteiger partial charge in [0.15, 0.2) is 0 Å². The fraction of sp³-hybridized carbons (Fsp3) is 0.500. The number of nitro benzene ring substituents is 1. The van der Waals surface area contributed by atoms with Crippen molar-refractivity contribution in [1.82, 2.24) is 0 Å². The molecule has 0 saturated heterocycles. The van der Waals surface area contributed by atoms with Gasteiger partial charge in [-0.2, -0.15) is 0 Å². The minimum absolute atomic E-state index is 0.0326. The van der Waals surface area contributed by atoms with Crippen LogP contribution in [-0.2, 0) is 6.42 Å². The lowest BCUT2D eigenvalue weighted by Crippen LogP contribution is -2.37. The molecule has 0 aliphatic heterocycles. The lowest BCUT2D eigenvalue weighted by atomic mass is 9.84. The van der Waals surface area contributed by atoms with E-state index in [1.807, 2.05) is 0 Å². The highest BCUT2D eigenvalue weighted by molar-refractivity contribution is 14.1. The summed E-state index contributed by atoms with van der Waals surface area (Å²) >= 11 is 2.12. The predicted molar refractivity (Wildman–Crippen MR) is 76.9 cm³/mol. The summed E-state index contributed by atoms with van der Waals surface area (Å²) in [5.74, 6) is 0. The highest BCUT2D eigenvalue weighted by Crippen LogP contribution is 2.25. The predicted octanol–water partition coefficient (Wildman–Crippen LogP) is 3.12. The third kappa shape index (κ3) is 3.92. The highest BCUT2D eigenvalue weighted by Gasteiger charge is 2.22. The van der Waals surface area contributed by atoms with Gasteiger partial charge in [0, 0.05) is 21.7 Å². The molecule has 2 N–H and O–H groups in total. The van der Waals surface area contributed by atoms with E-state index < -0.39 is 0 Å². The van der Waals surface area contributed by atoms with Crippen molar-refractivity contribution in [3.63, 3.8) is 0 Å². The monoisotopic (exact) mass is 348 g/mol. The fourth-order valence-electron chi connectivity index (χ4n) is 1.36. The number of rotatable bonds is 3. The van der Waals surface area contributed by atoms with E-state index in [1.165, 1.54) is 6.07 Å². The van der Waals surface area contributed by atoms with Crippen molar-refractivity contribution < 1.29 is 4.92 Å². The van der Waals surface area contributed by atoms with E-state index in [9.17, 15) is 10.1 Å². The Morgan fingerprint density at radius 1 is 1.47 bits per heavy atom. The van der Waals surface area contributed by atoms with Gasteiger partial charge < -0.3 is 5.73 Å². The van der Waals surface area contributed by atoms with E-state index in [1.54, 1.807) is 12.1 Å². The molecule has 0 heterocycles. The summed E-state index contributed by atoms with van der Waals surface area (Å²) in [6.45, 7) is 6.28. The molecule has 0 aliphatic carbocycles. The Bertz CT molecular complexity index is 427. The van der Waals surface area contributed by atoms with Gasteiger partial charge in [-0.05, 0) is 40.0 Å². The standard InChI is InChI=1S/C12H17IN2O2/c1-12(2,3)11(14)6-8-4-5-9(15(16)17)7-10(8)13/h4-5,7,11H,6,14H2,1-3H3. The fourth-order valence-corrected chi connectivity index (χ4v) is 2.08. The van der Waals surface area contributed by atoms with Crippen LogP contribution in [0.4, 0.5) is 5.69 Å². The van der Waals surface area contributed by atoms with Gasteiger partial charge in [0.1, 0.15) is 0 Å². The van der Waals surface area contributed by atoms with Crippen LogP contribution in [0.3, 0.4) is 0 Å². The maximum Gasteiger partial charge on any atom is 0.270 e. The number of nitrogens with two attached hydrogens (primary N) is 1. The van der Waals surface area contributed by atoms with Gasteiger partial charge in [0.05, 0.1) is 4.92 Å². The summed E-state index contributed by atoms with van der Waals surface area (Å²) in [5.41, 5.74) is 7.34. The van der Waals surface area contributed by atoms with E-state index in [-0.39, 0.29) is 22.1 Å². The second-order valence-electron chi connectivity index (χ2n) is 5.21. The van der Waals surface area contributed by atoms with Crippen molar-refractivity contribution in [3.8, 4) is 0 Å². The lowest BCUT2D eigenvalue weighted by molar-refractivity contribution is -0.385. The van der Waals surface area contributed by atoms with Crippen LogP contribution >= 0.6 is 22.6 Å². The number of benzene rings is 1. The van der Waals surface area contributed by atoms with E-state index >= 15 is 0 Å². The normalized spacial score (nSPS) is 13.5. The summed E-state index contributed by atoms with van der Waals surface area (Å²) in [6.07, 6.45) is 0.736. The van der Waals surface area contributed by atoms with Crippen LogP contribution in [0.25, 0.3) is 0 Å². The van der Waals surface area contributed by atoms with Crippen molar-refractivity contribution in [3.05, 3.63) is 37.4 Å². The first-order valence-electron chi connectivity index (χ1n) is 5.40. The maximum absolute atomic E-state index is 10.6. The Morgan fingerprint density at radius 3 is 2.47 bits per heavy atom. The summed E-state index contributed by atoms with van der Waals surface area (Å²) < 4.78 is 0.900. The lowest BCUT2D eigenvalue weighted by Gasteiger charge is -2.27. The van der Waals surface area contributed by atoms with Crippen molar-refractivity contribution in [2.24, 2.45) is 11.1 Å². The van der Waals surface area contributed by atoms with Crippen molar-refractivity contribution >= 4 is 28.3 Å². The molecule has 5 heteroatoms. The number of non-ortho nitro benzene ring substituents is 1. The van der Waals surface area contributed by atoms with E-state index in [2.05, 4.69) is 43.4 Å². The molecular formula is C12H17IN2O2. The van der Waals surface area contributed by atoms with Gasteiger partial charge in [0.25, 0.3) is 5.69 Å². The quantitative estimate of drug-likeness (QED) is 0.518. The van der Waals surface area contributed by atoms with Gasteiger partial charge in [-0.1, -0.05) is 26.8 Å². The minimum Gasteiger partial charge on any atom is -0.327 e. The van der Waals surface area contributed by atoms with Gasteiger partial charge in [-0.25, -0.2) is 0 Å². The van der Waals surface area contributed by atoms with Crippen LogP contribution in [0.5, 0.6) is 0 Å². The van der Waals surface area contributed by atoms with Crippen LogP contribution in [0.15, 0.2) is 18.2 Å². The van der Waals surface area contributed by atoms with Gasteiger partial charge in [-0.3, -0.25) is 10.1 Å². The summed E-state index contributed by atoms with van der Waals surface area (Å²) in [7, 11) is 0. The first-order valence-corrected chi connectivity index (χ1v) is 6.48. The third-order valence-corrected chi connectivity index (χ3v) is 3.80. The molecule has 1 unspecified atom stereocenters. The molecule has 17 heavy (non-hydrogen) atoms. The molecule has 1 aromatic carbocycles. The molecule has 4 nitrogen and oxygen atoms in total. The van der Waals surface area contributed by atoms with E-state index in [0.717, 1.165) is 15.6 Å². The number of hydrogen-bond donors (Lipinski definition) is 1. The number of halogens is 1. The summed E-state index contributed by atoms with van der Waals surface area (Å²) in [6, 6.07) is 4.96. The van der Waals surface area contributed by atoms with E-state index in [4.69, 9.17) is 5.73 Å². The Balaban J connectivity index is 2.90. The first-order chi connectivity index (χ1) is 7.71. The molecule has 0 amide bonds. The molecule has 0 radical (unpaired) electrons. The zero-order valence-electron chi connectivity index (χ0n) is 10.2. The Hall–Kier alpha value is -0.690. The Kier molecular flexibility index (Phi) is 4.48. The molecule has 0 aliphatic rings. The maximum atomic E-state index is 10.6. The largest absolute Gasteiger partial charge is 0.327 e. The topological polar surface area (TPSA) is 69.2 Å².